The molecule has 0 aromatic heterocycles. The lowest BCUT2D eigenvalue weighted by Gasteiger charge is -2.40. The number of aldehydes is 1. The van der Waals surface area contributed by atoms with Gasteiger partial charge in [0.15, 0.2) is 0 Å². The first-order valence-electron chi connectivity index (χ1n) is 8.82. The van der Waals surface area contributed by atoms with Crippen molar-refractivity contribution >= 4 is 24.2 Å². The van der Waals surface area contributed by atoms with E-state index in [1.165, 1.54) is 6.08 Å². The van der Waals surface area contributed by atoms with Gasteiger partial charge in [0.1, 0.15) is 23.4 Å². The van der Waals surface area contributed by atoms with Crippen molar-refractivity contribution in [1.29, 1.82) is 0 Å². The van der Waals surface area contributed by atoms with Gasteiger partial charge in [0, 0.05) is 11.1 Å². The number of carbonyl (C=O) groups excluding carboxylic acids is 4. The quantitative estimate of drug-likeness (QED) is 0.441. The minimum atomic E-state index is -1.69. The summed E-state index contributed by atoms with van der Waals surface area (Å²) in [6, 6.07) is 6.59. The Balaban J connectivity index is 2.28. The molecule has 1 spiro atoms. The predicted molar refractivity (Wildman–Crippen MR) is 92.8 cm³/mol. The molecule has 27 heavy (non-hydrogen) atoms. The highest BCUT2D eigenvalue weighted by molar-refractivity contribution is 6.04. The molecule has 142 valence electrons. The van der Waals surface area contributed by atoms with Gasteiger partial charge in [-0.3, -0.25) is 19.2 Å². The fourth-order valence-corrected chi connectivity index (χ4v) is 4.01. The van der Waals surface area contributed by atoms with Crippen LogP contribution in [-0.2, 0) is 34.1 Å². The minimum Gasteiger partial charge on any atom is -0.466 e. The maximum Gasteiger partial charge on any atom is 0.324 e. The Labute approximate surface area is 156 Å². The topological polar surface area (TPSA) is 96.0 Å². The summed E-state index contributed by atoms with van der Waals surface area (Å²) < 4.78 is 15.7. The van der Waals surface area contributed by atoms with Gasteiger partial charge >= 0.3 is 17.9 Å². The van der Waals surface area contributed by atoms with Crippen molar-refractivity contribution in [2.75, 3.05) is 13.2 Å². The summed E-state index contributed by atoms with van der Waals surface area (Å²) in [6.45, 7) is 3.47. The van der Waals surface area contributed by atoms with Crippen LogP contribution in [0, 0.1) is 11.8 Å². The number of benzene rings is 1. The molecule has 1 aliphatic heterocycles. The zero-order valence-corrected chi connectivity index (χ0v) is 15.1. The first-order valence-corrected chi connectivity index (χ1v) is 8.82. The molecule has 0 bridgehead atoms. The zero-order chi connectivity index (χ0) is 19.6. The van der Waals surface area contributed by atoms with Gasteiger partial charge in [-0.05, 0) is 26.3 Å². The number of ether oxygens (including phenoxy) is 3. The van der Waals surface area contributed by atoms with Crippen LogP contribution in [0.5, 0.6) is 5.75 Å². The molecule has 0 amide bonds. The van der Waals surface area contributed by atoms with E-state index in [0.717, 1.165) is 0 Å². The van der Waals surface area contributed by atoms with Crippen molar-refractivity contribution in [2.45, 2.75) is 25.7 Å². The molecule has 0 N–H and O–H groups in total. The van der Waals surface area contributed by atoms with Gasteiger partial charge in [-0.1, -0.05) is 24.3 Å². The van der Waals surface area contributed by atoms with Crippen LogP contribution in [0.3, 0.4) is 0 Å². The third-order valence-electron chi connectivity index (χ3n) is 5.03. The number of hydrogen-bond acceptors (Lipinski definition) is 7. The summed E-state index contributed by atoms with van der Waals surface area (Å²) in [5, 5.41) is 0. The lowest BCUT2D eigenvalue weighted by atomic mass is 9.57. The normalized spacial score (nSPS) is 26.0. The lowest BCUT2D eigenvalue weighted by molar-refractivity contribution is -0.165. The fourth-order valence-electron chi connectivity index (χ4n) is 4.01. The van der Waals surface area contributed by atoms with Crippen molar-refractivity contribution in [3.8, 4) is 5.75 Å². The van der Waals surface area contributed by atoms with Crippen LogP contribution in [0.25, 0.3) is 0 Å². The second-order valence-corrected chi connectivity index (χ2v) is 6.30. The maximum atomic E-state index is 13.1. The van der Waals surface area contributed by atoms with Crippen LogP contribution >= 0.6 is 0 Å². The van der Waals surface area contributed by atoms with Gasteiger partial charge in [-0.2, -0.15) is 0 Å². The molecule has 1 aliphatic carbocycles. The summed E-state index contributed by atoms with van der Waals surface area (Å²) in [4.78, 5) is 50.4. The van der Waals surface area contributed by atoms with E-state index < -0.39 is 35.2 Å². The molecule has 1 aromatic carbocycles. The van der Waals surface area contributed by atoms with Gasteiger partial charge in [0.2, 0.25) is 0 Å². The average Bonchev–Trinajstić information content (AvgIpc) is 2.94. The number of carbonyl (C=O) groups is 4. The molecular weight excluding hydrogens is 352 g/mol. The van der Waals surface area contributed by atoms with Crippen molar-refractivity contribution in [3.05, 3.63) is 41.5 Å². The van der Waals surface area contributed by atoms with Crippen LogP contribution in [-0.4, -0.2) is 37.4 Å². The third kappa shape index (κ3) is 2.74. The lowest BCUT2D eigenvalue weighted by Crippen LogP contribution is -2.56. The van der Waals surface area contributed by atoms with E-state index >= 15 is 0 Å². The molecule has 3 atom stereocenters. The number of rotatable bonds is 5. The molecule has 1 aromatic rings. The average molecular weight is 372 g/mol. The highest BCUT2D eigenvalue weighted by Crippen LogP contribution is 2.55. The van der Waals surface area contributed by atoms with Gasteiger partial charge < -0.3 is 14.2 Å². The summed E-state index contributed by atoms with van der Waals surface area (Å²) in [5.74, 6) is -4.16. The Morgan fingerprint density at radius 3 is 2.52 bits per heavy atom. The summed E-state index contributed by atoms with van der Waals surface area (Å²) in [5.41, 5.74) is -1.21. The highest BCUT2D eigenvalue weighted by atomic mass is 16.6. The van der Waals surface area contributed by atoms with E-state index in [2.05, 4.69) is 0 Å². The van der Waals surface area contributed by atoms with Crippen molar-refractivity contribution < 1.29 is 33.4 Å². The standard InChI is InChI=1S/C20H20O7/c1-3-25-17(22)14-10-9-12(11-21)16(18(23)26-4-2)20(14)13-7-5-6-8-15(13)27-19(20)24/h5-9,11,14,16H,3-4,10H2,1-2H3/t14-,16-,20+/m0/s1. The second kappa shape index (κ2) is 7.34. The van der Waals surface area contributed by atoms with Gasteiger partial charge in [-0.25, -0.2) is 0 Å². The SMILES string of the molecule is CCOC(=O)[C@@H]1C(C=O)=CC[C@@H](C(=O)OCC)[C@@]12C(=O)Oc1ccccc12. The predicted octanol–water partition coefficient (Wildman–Crippen LogP) is 1.73. The third-order valence-corrected chi connectivity index (χ3v) is 5.03. The second-order valence-electron chi connectivity index (χ2n) is 6.30. The summed E-state index contributed by atoms with van der Waals surface area (Å²) >= 11 is 0. The van der Waals surface area contributed by atoms with E-state index in [1.807, 2.05) is 0 Å². The van der Waals surface area contributed by atoms with Crippen molar-refractivity contribution in [3.63, 3.8) is 0 Å². The Morgan fingerprint density at radius 1 is 1.19 bits per heavy atom. The molecule has 0 saturated heterocycles. The van der Waals surface area contributed by atoms with E-state index in [1.54, 1.807) is 38.1 Å². The van der Waals surface area contributed by atoms with Crippen LogP contribution in [0.15, 0.2) is 35.9 Å². The molecule has 0 fully saturated rings. The molecule has 0 radical (unpaired) electrons. The molecule has 7 heteroatoms. The molecular formula is C20H20O7. The number of esters is 3. The Kier molecular flexibility index (Phi) is 5.12. The molecule has 0 saturated carbocycles. The first-order chi connectivity index (χ1) is 13.0. The minimum absolute atomic E-state index is 0.0678. The van der Waals surface area contributed by atoms with Crippen molar-refractivity contribution in [2.24, 2.45) is 11.8 Å². The van der Waals surface area contributed by atoms with E-state index in [-0.39, 0.29) is 31.0 Å². The number of hydrogen-bond donors (Lipinski definition) is 0. The first kappa shape index (κ1) is 18.8. The smallest absolute Gasteiger partial charge is 0.324 e. The van der Waals surface area contributed by atoms with E-state index in [4.69, 9.17) is 14.2 Å². The number of para-hydroxylation sites is 1. The van der Waals surface area contributed by atoms with Crippen molar-refractivity contribution in [1.82, 2.24) is 0 Å². The Morgan fingerprint density at radius 2 is 1.85 bits per heavy atom. The molecule has 2 aliphatic rings. The fraction of sp³-hybridized carbons (Fsp3) is 0.400. The molecule has 1 heterocycles. The largest absolute Gasteiger partial charge is 0.466 e. The van der Waals surface area contributed by atoms with Gasteiger partial charge in [0.25, 0.3) is 0 Å². The summed E-state index contributed by atoms with van der Waals surface area (Å²) in [7, 11) is 0. The number of allylic oxidation sites excluding steroid dienone is 1. The van der Waals surface area contributed by atoms with Crippen LogP contribution in [0.2, 0.25) is 0 Å². The maximum absolute atomic E-state index is 13.1. The van der Waals surface area contributed by atoms with Gasteiger partial charge in [0.05, 0.1) is 19.1 Å². The van der Waals surface area contributed by atoms with Crippen LogP contribution in [0.4, 0.5) is 0 Å². The van der Waals surface area contributed by atoms with Crippen LogP contribution in [0.1, 0.15) is 25.8 Å². The molecule has 3 rings (SSSR count). The monoisotopic (exact) mass is 372 g/mol. The Hall–Kier alpha value is -2.96. The van der Waals surface area contributed by atoms with E-state index in [0.29, 0.717) is 11.8 Å². The summed E-state index contributed by atoms with van der Waals surface area (Å²) in [6.07, 6.45) is 2.10. The molecule has 0 unspecified atom stereocenters. The van der Waals surface area contributed by atoms with Gasteiger partial charge in [-0.15, -0.1) is 0 Å². The highest BCUT2D eigenvalue weighted by Gasteiger charge is 2.66. The van der Waals surface area contributed by atoms with Crippen LogP contribution < -0.4 is 4.74 Å². The zero-order valence-electron chi connectivity index (χ0n) is 15.1. The molecule has 7 nitrogen and oxygen atoms in total. The Bertz CT molecular complexity index is 825. The van der Waals surface area contributed by atoms with E-state index in [9.17, 15) is 19.2 Å². The number of fused-ring (bicyclic) bond motifs is 2.